The maximum atomic E-state index is 12.8. The summed E-state index contributed by atoms with van der Waals surface area (Å²) in [5.41, 5.74) is 1.38. The Bertz CT molecular complexity index is 1100. The van der Waals surface area contributed by atoms with Gasteiger partial charge in [-0.05, 0) is 18.9 Å². The Labute approximate surface area is 160 Å². The van der Waals surface area contributed by atoms with Gasteiger partial charge in [0.15, 0.2) is 11.3 Å². The van der Waals surface area contributed by atoms with E-state index in [4.69, 9.17) is 10.2 Å². The molecule has 6 heterocycles. The van der Waals surface area contributed by atoms with Crippen LogP contribution in [0.15, 0.2) is 24.7 Å². The average molecular weight is 377 g/mol. The van der Waals surface area contributed by atoms with Gasteiger partial charge in [-0.25, -0.2) is 9.50 Å². The van der Waals surface area contributed by atoms with Gasteiger partial charge in [0.25, 0.3) is 5.91 Å². The molecule has 3 aromatic rings. The Hall–Kier alpha value is -3.45. The number of fused-ring (bicyclic) bond motifs is 4. The van der Waals surface area contributed by atoms with Gasteiger partial charge < -0.3 is 15.5 Å². The summed E-state index contributed by atoms with van der Waals surface area (Å²) in [7, 11) is 1.70. The third kappa shape index (κ3) is 2.68. The number of hydrogen-bond acceptors (Lipinski definition) is 7. The monoisotopic (exact) mass is 377 g/mol. The number of piperidine rings is 2. The number of nitrogens with one attached hydrogen (secondary N) is 2. The van der Waals surface area contributed by atoms with Crippen LogP contribution in [0.4, 0.5) is 11.5 Å². The summed E-state index contributed by atoms with van der Waals surface area (Å²) in [6.07, 6.45) is 7.26. The molecule has 3 aromatic heterocycles. The minimum atomic E-state index is -0.369. The first-order chi connectivity index (χ1) is 13.6. The standard InChI is InChI=1S/C18H19N9O/c1-25-10-15(14(6-19)24-25)22-18(28)13-8-21-27-5-4-16(23-17(13)27)26-9-11-2-3-12(26)7-20-11/h4-5,8,10-12,20H,2-3,7,9H2,1H3,(H,22,28). The summed E-state index contributed by atoms with van der Waals surface area (Å²) in [6, 6.07) is 4.83. The van der Waals surface area contributed by atoms with Crippen molar-refractivity contribution in [1.82, 2.24) is 29.7 Å². The molecule has 3 fully saturated rings. The molecule has 142 valence electrons. The highest BCUT2D eigenvalue weighted by Gasteiger charge is 2.34. The van der Waals surface area contributed by atoms with E-state index in [1.807, 2.05) is 18.3 Å². The fourth-order valence-corrected chi connectivity index (χ4v) is 4.02. The molecule has 2 N–H and O–H groups in total. The number of aromatic nitrogens is 5. The van der Waals surface area contributed by atoms with Gasteiger partial charge in [-0.15, -0.1) is 0 Å². The van der Waals surface area contributed by atoms with E-state index >= 15 is 0 Å². The van der Waals surface area contributed by atoms with Crippen molar-refractivity contribution in [3.8, 4) is 6.07 Å². The fraction of sp³-hybridized carbons (Fsp3) is 0.389. The molecular weight excluding hydrogens is 358 g/mol. The van der Waals surface area contributed by atoms with Gasteiger partial charge in [-0.2, -0.15) is 15.5 Å². The molecule has 10 nitrogen and oxygen atoms in total. The van der Waals surface area contributed by atoms with Crippen LogP contribution in [-0.2, 0) is 7.05 Å². The Morgan fingerprint density at radius 3 is 3.04 bits per heavy atom. The second-order valence-corrected chi connectivity index (χ2v) is 7.23. The summed E-state index contributed by atoms with van der Waals surface area (Å²) in [5.74, 6) is 0.489. The first-order valence-corrected chi connectivity index (χ1v) is 9.22. The molecule has 10 heteroatoms. The number of anilines is 2. The first kappa shape index (κ1) is 16.7. The van der Waals surface area contributed by atoms with Crippen molar-refractivity contribution in [2.75, 3.05) is 23.3 Å². The lowest BCUT2D eigenvalue weighted by Gasteiger charge is -2.46. The smallest absolute Gasteiger partial charge is 0.261 e. The Morgan fingerprint density at radius 1 is 1.43 bits per heavy atom. The predicted octanol–water partition coefficient (Wildman–Crippen LogP) is 0.527. The lowest BCUT2D eigenvalue weighted by molar-refractivity contribution is 0.102. The number of aryl methyl sites for hydroxylation is 1. The maximum absolute atomic E-state index is 12.8. The minimum Gasteiger partial charge on any atom is -0.351 e. The number of carbonyl (C=O) groups is 1. The van der Waals surface area contributed by atoms with Crippen LogP contribution in [0.1, 0.15) is 28.9 Å². The number of nitriles is 1. The second-order valence-electron chi connectivity index (χ2n) is 7.23. The van der Waals surface area contributed by atoms with Crippen molar-refractivity contribution in [2.45, 2.75) is 24.9 Å². The van der Waals surface area contributed by atoms with Gasteiger partial charge in [0.1, 0.15) is 17.5 Å². The molecule has 2 atom stereocenters. The van der Waals surface area contributed by atoms with E-state index in [-0.39, 0.29) is 11.6 Å². The number of amides is 1. The van der Waals surface area contributed by atoms with Crippen LogP contribution < -0.4 is 15.5 Å². The molecular formula is C18H19N9O. The molecule has 0 radical (unpaired) electrons. The molecule has 0 aromatic carbocycles. The summed E-state index contributed by atoms with van der Waals surface area (Å²) >= 11 is 0. The van der Waals surface area contributed by atoms with Crippen LogP contribution in [0.5, 0.6) is 0 Å². The number of carbonyl (C=O) groups excluding carboxylic acids is 1. The van der Waals surface area contributed by atoms with Crippen LogP contribution in [0.3, 0.4) is 0 Å². The zero-order valence-electron chi connectivity index (χ0n) is 15.3. The van der Waals surface area contributed by atoms with Crippen LogP contribution in [0.25, 0.3) is 5.65 Å². The summed E-state index contributed by atoms with van der Waals surface area (Å²) in [4.78, 5) is 19.9. The lowest BCUT2D eigenvalue weighted by Crippen LogP contribution is -2.61. The summed E-state index contributed by atoms with van der Waals surface area (Å²) in [5, 5.41) is 23.7. The number of hydrogen-bond donors (Lipinski definition) is 2. The first-order valence-electron chi connectivity index (χ1n) is 9.22. The predicted molar refractivity (Wildman–Crippen MR) is 101 cm³/mol. The molecule has 3 aliphatic rings. The minimum absolute atomic E-state index is 0.165. The van der Waals surface area contributed by atoms with E-state index in [1.54, 1.807) is 17.8 Å². The summed E-state index contributed by atoms with van der Waals surface area (Å²) in [6.45, 7) is 1.88. The van der Waals surface area contributed by atoms with E-state index in [0.717, 1.165) is 25.3 Å². The zero-order chi connectivity index (χ0) is 19.3. The van der Waals surface area contributed by atoms with Gasteiger partial charge in [-0.3, -0.25) is 9.48 Å². The highest BCUT2D eigenvalue weighted by atomic mass is 16.1. The number of nitrogens with zero attached hydrogens (tertiary/aromatic N) is 7. The zero-order valence-corrected chi connectivity index (χ0v) is 15.3. The number of rotatable bonds is 3. The molecule has 1 amide bonds. The van der Waals surface area contributed by atoms with Crippen molar-refractivity contribution >= 4 is 23.1 Å². The highest BCUT2D eigenvalue weighted by Crippen LogP contribution is 2.27. The van der Waals surface area contributed by atoms with Crippen molar-refractivity contribution in [1.29, 1.82) is 5.26 Å². The average Bonchev–Trinajstić information content (AvgIpc) is 3.31. The summed E-state index contributed by atoms with van der Waals surface area (Å²) < 4.78 is 3.08. The van der Waals surface area contributed by atoms with Gasteiger partial charge in [0.2, 0.25) is 0 Å². The number of piperazine rings is 1. The van der Waals surface area contributed by atoms with Gasteiger partial charge in [0, 0.05) is 44.6 Å². The van der Waals surface area contributed by atoms with Gasteiger partial charge in [-0.1, -0.05) is 0 Å². The molecule has 3 aliphatic heterocycles. The molecule has 28 heavy (non-hydrogen) atoms. The van der Waals surface area contributed by atoms with E-state index in [1.165, 1.54) is 17.3 Å². The van der Waals surface area contributed by atoms with Crippen LogP contribution in [0.2, 0.25) is 0 Å². The Morgan fingerprint density at radius 2 is 2.32 bits per heavy atom. The molecule has 2 bridgehead atoms. The van der Waals surface area contributed by atoms with Gasteiger partial charge >= 0.3 is 0 Å². The normalized spacial score (nSPS) is 21.1. The lowest BCUT2D eigenvalue weighted by atomic mass is 9.93. The van der Waals surface area contributed by atoms with Crippen LogP contribution >= 0.6 is 0 Å². The molecule has 2 unspecified atom stereocenters. The van der Waals surface area contributed by atoms with Crippen molar-refractivity contribution in [3.05, 3.63) is 35.9 Å². The third-order valence-electron chi connectivity index (χ3n) is 5.42. The van der Waals surface area contributed by atoms with Crippen LogP contribution in [0, 0.1) is 11.3 Å². The third-order valence-corrected chi connectivity index (χ3v) is 5.42. The Balaban J connectivity index is 1.46. The molecule has 3 saturated heterocycles. The van der Waals surface area contributed by atoms with E-state index in [0.29, 0.717) is 29.0 Å². The van der Waals surface area contributed by atoms with Crippen molar-refractivity contribution in [2.24, 2.45) is 7.05 Å². The topological polar surface area (TPSA) is 116 Å². The second kappa shape index (κ2) is 6.31. The van der Waals surface area contributed by atoms with E-state index in [9.17, 15) is 4.79 Å². The largest absolute Gasteiger partial charge is 0.351 e. The maximum Gasteiger partial charge on any atom is 0.261 e. The van der Waals surface area contributed by atoms with E-state index < -0.39 is 0 Å². The highest BCUT2D eigenvalue weighted by molar-refractivity contribution is 6.08. The van der Waals surface area contributed by atoms with Crippen molar-refractivity contribution < 1.29 is 4.79 Å². The van der Waals surface area contributed by atoms with E-state index in [2.05, 4.69) is 25.7 Å². The molecule has 0 spiro atoms. The Kier molecular flexibility index (Phi) is 3.77. The molecule has 6 rings (SSSR count). The van der Waals surface area contributed by atoms with Crippen molar-refractivity contribution in [3.63, 3.8) is 0 Å². The fourth-order valence-electron chi connectivity index (χ4n) is 4.02. The van der Waals surface area contributed by atoms with Crippen LogP contribution in [-0.4, -0.2) is 55.5 Å². The quantitative estimate of drug-likeness (QED) is 0.684. The van der Waals surface area contributed by atoms with Gasteiger partial charge in [0.05, 0.1) is 11.9 Å². The molecule has 0 saturated carbocycles. The molecule has 0 aliphatic carbocycles. The SMILES string of the molecule is Cn1cc(NC(=O)c2cnn3ccc(N4CC5CCC4CN5)nc23)c(C#N)n1.